The number of hydrogen-bond acceptors (Lipinski definition) is 17. The fourth-order valence-electron chi connectivity index (χ4n) is 10.1. The van der Waals surface area contributed by atoms with Gasteiger partial charge in [0.2, 0.25) is 11.8 Å². The van der Waals surface area contributed by atoms with E-state index in [0.717, 1.165) is 142 Å². The number of nitriles is 1. The van der Waals surface area contributed by atoms with Gasteiger partial charge in [0.25, 0.3) is 0 Å². The van der Waals surface area contributed by atoms with Gasteiger partial charge in [-0.2, -0.15) is 28.8 Å². The van der Waals surface area contributed by atoms with Crippen molar-refractivity contribution >= 4 is 78.8 Å². The van der Waals surface area contributed by atoms with Crippen molar-refractivity contribution in [2.45, 2.75) is 83.1 Å². The van der Waals surface area contributed by atoms with Crippen LogP contribution in [0.3, 0.4) is 0 Å². The van der Waals surface area contributed by atoms with Crippen molar-refractivity contribution in [1.29, 1.82) is 5.26 Å². The van der Waals surface area contributed by atoms with Gasteiger partial charge < -0.3 is 23.8 Å². The van der Waals surface area contributed by atoms with Crippen LogP contribution in [-0.4, -0.2) is 104 Å². The zero-order valence-corrected chi connectivity index (χ0v) is 63.5. The fraction of sp³-hybridized carbons (Fsp3) is 0.222. The number of nitrogens with one attached hydrogen (secondary N) is 3. The molecule has 536 valence electrons. The van der Waals surface area contributed by atoms with Crippen molar-refractivity contribution in [2.24, 2.45) is 0 Å². The standard InChI is InChI=1S/C16H13N3.C15H13FN2.C14H13N3.2C14H12N2O.2C2H6S.C2H6.2CH3NO2/c1-10-3-4-11(2)15-14(10)18-16(19-15)13-7-5-12(9-17)6-8-13;1-9-7-8-10(2)14-13(9)17-15(18-14)11-5-3-4-6-12(11)16;2*1-9-3-4-10(2)13-12(9)16-14(17-13)11-5-7-15-8-6-11;1-9-6-7-10(2)13-12(9)16-14(17-13)11-5-3-4-8-15-11;2*1-3-2;1-2;2*1-2(3)4/h3-8H,1-2H3,(H,18,19);3-8H,1-2H3,(H,17,18);3-8H,1-2H3,(H,16,17);2*3-8H,1-2H3;2*1-2H3;1-2H3;2*1H3. The molecule has 0 fully saturated rings. The first-order valence-corrected chi connectivity index (χ1v) is 36.2. The van der Waals surface area contributed by atoms with Crippen LogP contribution >= 0.6 is 23.5 Å². The zero-order valence-electron chi connectivity index (χ0n) is 61.9. The van der Waals surface area contributed by atoms with E-state index in [0.29, 0.717) is 28.7 Å². The molecule has 0 saturated heterocycles. The number of imidazole rings is 3. The van der Waals surface area contributed by atoms with Gasteiger partial charge in [-0.15, -0.1) is 0 Å². The van der Waals surface area contributed by atoms with Crippen molar-refractivity contribution in [2.75, 3.05) is 39.1 Å². The number of halogens is 1. The second-order valence-corrected chi connectivity index (χ2v) is 25.0. The van der Waals surface area contributed by atoms with Crippen molar-refractivity contribution in [3.63, 3.8) is 0 Å². The molecule has 0 aliphatic carbocycles. The molecular weight excluding hydrogens is 1350 g/mol. The van der Waals surface area contributed by atoms with Crippen molar-refractivity contribution in [3.8, 4) is 63.3 Å². The second-order valence-electron chi connectivity index (χ2n) is 23.4. The molecule has 23 heteroatoms. The Morgan fingerprint density at radius 2 is 0.750 bits per heavy atom. The van der Waals surface area contributed by atoms with Crippen LogP contribution in [0.15, 0.2) is 191 Å². The number of oxazole rings is 2. The normalized spacial score (nSPS) is 10.1. The van der Waals surface area contributed by atoms with E-state index < -0.39 is 9.85 Å². The Morgan fingerprint density at radius 1 is 0.413 bits per heavy atom. The molecule has 0 aliphatic heterocycles. The third kappa shape index (κ3) is 22.1. The van der Waals surface area contributed by atoms with Crippen LogP contribution in [0.4, 0.5) is 4.39 Å². The summed E-state index contributed by atoms with van der Waals surface area (Å²) in [5.41, 5.74) is 26.1. The van der Waals surface area contributed by atoms with Gasteiger partial charge in [-0.1, -0.05) is 92.7 Å². The van der Waals surface area contributed by atoms with Gasteiger partial charge in [-0.25, -0.2) is 29.3 Å². The first-order valence-electron chi connectivity index (χ1n) is 33.0. The quantitative estimate of drug-likeness (QED) is 0.107. The van der Waals surface area contributed by atoms with Gasteiger partial charge in [0.1, 0.15) is 40.0 Å². The summed E-state index contributed by atoms with van der Waals surface area (Å²) in [4.78, 5) is 61.7. The Kier molecular flexibility index (Phi) is 31.3. The summed E-state index contributed by atoms with van der Waals surface area (Å²) >= 11 is 3.50. The number of hydrogen-bond donors (Lipinski definition) is 3. The molecule has 0 atom stereocenters. The number of fused-ring (bicyclic) bond motifs is 5. The number of aromatic nitrogens is 11. The fourth-order valence-corrected chi connectivity index (χ4v) is 10.1. The number of aromatic amines is 3. The number of thioether (sulfide) groups is 2. The maximum Gasteiger partial charge on any atom is 0.246 e. The molecule has 0 spiro atoms. The number of H-pyrrole nitrogens is 3. The van der Waals surface area contributed by atoms with Gasteiger partial charge >= 0.3 is 0 Å². The van der Waals surface area contributed by atoms with Crippen molar-refractivity contribution in [3.05, 3.63) is 270 Å². The SMILES string of the molecule is CC.CSC.CSC.C[N+](=O)[O-].C[N+](=O)[O-].Cc1ccc(C)c2[nH]c(-c3ccc(C#N)cc3)nc12.Cc1ccc(C)c2[nH]c(-c3ccccc3F)nc12.Cc1ccc(C)c2[nH]c(-c3ccncc3)nc12.Cc1ccc(C)c2oc(-c3ccccn3)nc12.Cc1ccc(C)c2oc(-c3ccncc3)nc12. The molecule has 0 amide bonds. The Balaban J connectivity index is 0.000000194. The molecule has 104 heavy (non-hydrogen) atoms. The number of rotatable bonds is 5. The minimum absolute atomic E-state index is 0.258. The highest BCUT2D eigenvalue weighted by Gasteiger charge is 2.16. The van der Waals surface area contributed by atoms with Gasteiger partial charge in [0.15, 0.2) is 25.3 Å². The molecule has 15 aromatic rings. The Morgan fingerprint density at radius 3 is 1.13 bits per heavy atom. The molecule has 20 nitrogen and oxygen atoms in total. The van der Waals surface area contributed by atoms with E-state index in [1.807, 2.05) is 171 Å². The summed E-state index contributed by atoms with van der Waals surface area (Å²) in [5, 5.41) is 26.4. The van der Waals surface area contributed by atoms with Gasteiger partial charge in [-0.3, -0.25) is 35.2 Å². The van der Waals surface area contributed by atoms with E-state index >= 15 is 0 Å². The monoisotopic (exact) mass is 1430 g/mol. The molecule has 8 heterocycles. The smallest absolute Gasteiger partial charge is 0.246 e. The average Bonchev–Trinajstić information content (AvgIpc) is 1.67. The lowest BCUT2D eigenvalue weighted by Crippen LogP contribution is -1.85. The summed E-state index contributed by atoms with van der Waals surface area (Å²) < 4.78 is 25.4. The highest BCUT2D eigenvalue weighted by Crippen LogP contribution is 2.32. The van der Waals surface area contributed by atoms with Crippen molar-refractivity contribution < 1.29 is 23.1 Å². The third-order valence-corrected chi connectivity index (χ3v) is 15.2. The predicted molar refractivity (Wildman–Crippen MR) is 425 cm³/mol. The number of pyridine rings is 3. The summed E-state index contributed by atoms with van der Waals surface area (Å²) in [5.74, 6) is 3.31. The lowest BCUT2D eigenvalue weighted by atomic mass is 10.1. The topological polar surface area (TPSA) is 287 Å². The Bertz CT molecular complexity index is 4800. The summed E-state index contributed by atoms with van der Waals surface area (Å²) in [6.45, 7) is 24.5. The van der Waals surface area contributed by atoms with E-state index in [9.17, 15) is 4.39 Å². The Hall–Kier alpha value is -11.7. The van der Waals surface area contributed by atoms with Crippen LogP contribution in [0.5, 0.6) is 0 Å². The first kappa shape index (κ1) is 81.2. The number of nitrogens with zero attached hydrogens (tertiary/aromatic N) is 11. The van der Waals surface area contributed by atoms with Crippen LogP contribution in [0.25, 0.3) is 113 Å². The van der Waals surface area contributed by atoms with Crippen LogP contribution in [0.2, 0.25) is 0 Å². The predicted octanol–water partition coefficient (Wildman–Crippen LogP) is 20.7. The molecule has 15 rings (SSSR count). The van der Waals surface area contributed by atoms with E-state index in [1.54, 1.807) is 66.6 Å². The Labute approximate surface area is 613 Å². The lowest BCUT2D eigenvalue weighted by Gasteiger charge is -1.97. The molecule has 3 N–H and O–H groups in total. The average molecular weight is 1440 g/mol. The van der Waals surface area contributed by atoms with Gasteiger partial charge in [-0.05, 0) is 223 Å². The minimum atomic E-state index is -0.500. The number of benzene rings is 7. The van der Waals surface area contributed by atoms with Crippen LogP contribution in [0.1, 0.15) is 75.0 Å². The third-order valence-electron chi connectivity index (χ3n) is 15.2. The maximum atomic E-state index is 13.7. The molecule has 0 bridgehead atoms. The minimum Gasteiger partial charge on any atom is -0.436 e. The molecule has 0 aliphatic rings. The maximum absolute atomic E-state index is 13.7. The number of nitro groups is 2. The van der Waals surface area contributed by atoms with E-state index in [2.05, 4.69) is 131 Å². The zero-order chi connectivity index (χ0) is 76.2. The molecule has 8 aromatic heterocycles. The van der Waals surface area contributed by atoms with Crippen molar-refractivity contribution in [1.82, 2.24) is 54.8 Å². The van der Waals surface area contributed by atoms with E-state index in [4.69, 9.17) is 34.3 Å². The van der Waals surface area contributed by atoms with E-state index in [1.165, 1.54) is 22.8 Å². The second kappa shape index (κ2) is 40.0. The van der Waals surface area contributed by atoms with Crippen LogP contribution < -0.4 is 0 Å². The van der Waals surface area contributed by atoms with Gasteiger partial charge in [0.05, 0.1) is 50.3 Å². The lowest BCUT2D eigenvalue weighted by molar-refractivity contribution is -0.445. The highest BCUT2D eigenvalue weighted by molar-refractivity contribution is 7.98. The molecule has 0 saturated carbocycles. The van der Waals surface area contributed by atoms with Crippen LogP contribution in [-0.2, 0) is 0 Å². The molecular formula is C81H87FN14O6S2. The largest absolute Gasteiger partial charge is 0.436 e. The molecule has 0 unspecified atom stereocenters. The number of aryl methyl sites for hydroxylation is 10. The van der Waals surface area contributed by atoms with Gasteiger partial charge in [0, 0.05) is 57.5 Å². The van der Waals surface area contributed by atoms with Crippen LogP contribution in [0, 0.1) is 107 Å². The van der Waals surface area contributed by atoms with E-state index in [-0.39, 0.29) is 5.82 Å². The highest BCUT2D eigenvalue weighted by atomic mass is 32.2. The first-order chi connectivity index (χ1) is 49.9. The summed E-state index contributed by atoms with van der Waals surface area (Å²) in [6, 6.07) is 50.4. The molecule has 0 radical (unpaired) electrons. The molecule has 7 aromatic carbocycles. The summed E-state index contributed by atoms with van der Waals surface area (Å²) in [6.07, 6.45) is 16.9. The summed E-state index contributed by atoms with van der Waals surface area (Å²) in [7, 11) is 1.78.